The summed E-state index contributed by atoms with van der Waals surface area (Å²) in [5.74, 6) is -1.42. The predicted octanol–water partition coefficient (Wildman–Crippen LogP) is 4.56. The van der Waals surface area contributed by atoms with Crippen molar-refractivity contribution in [2.24, 2.45) is 0 Å². The molecule has 0 aliphatic heterocycles. The smallest absolute Gasteiger partial charge is 0.255 e. The Morgan fingerprint density at radius 3 is 2.37 bits per heavy atom. The SMILES string of the molecule is CC(=O)N(CCNC(=O)c1c(F)cccc1Cl)c1ccccc1C(C)(C)C. The van der Waals surface area contributed by atoms with Gasteiger partial charge in [0.2, 0.25) is 5.91 Å². The molecule has 27 heavy (non-hydrogen) atoms. The molecule has 144 valence electrons. The van der Waals surface area contributed by atoms with E-state index in [1.54, 1.807) is 4.90 Å². The normalized spacial score (nSPS) is 11.2. The maximum atomic E-state index is 13.9. The standard InChI is InChI=1S/C21H24ClFN2O2/c1-14(26)25(18-11-6-5-8-15(18)21(2,3)4)13-12-24-20(27)19-16(22)9-7-10-17(19)23/h5-11H,12-13H2,1-4H3,(H,24,27). The van der Waals surface area contributed by atoms with Crippen molar-refractivity contribution in [2.75, 3.05) is 18.0 Å². The van der Waals surface area contributed by atoms with E-state index in [-0.39, 0.29) is 35.0 Å². The van der Waals surface area contributed by atoms with E-state index in [4.69, 9.17) is 11.6 Å². The third-order valence-electron chi connectivity index (χ3n) is 4.19. The number of para-hydroxylation sites is 1. The van der Waals surface area contributed by atoms with Crippen molar-refractivity contribution in [1.82, 2.24) is 5.32 Å². The Kier molecular flexibility index (Phi) is 6.60. The van der Waals surface area contributed by atoms with Gasteiger partial charge in [-0.05, 0) is 29.2 Å². The molecular formula is C21H24ClFN2O2. The number of rotatable bonds is 5. The quantitative estimate of drug-likeness (QED) is 0.813. The molecule has 0 saturated heterocycles. The number of nitrogens with one attached hydrogen (secondary N) is 1. The summed E-state index contributed by atoms with van der Waals surface area (Å²) in [5.41, 5.74) is 1.50. The fourth-order valence-electron chi connectivity index (χ4n) is 2.88. The van der Waals surface area contributed by atoms with Gasteiger partial charge in [-0.15, -0.1) is 0 Å². The Morgan fingerprint density at radius 1 is 1.11 bits per heavy atom. The van der Waals surface area contributed by atoms with Crippen molar-refractivity contribution in [3.05, 3.63) is 64.4 Å². The molecule has 0 saturated carbocycles. The molecule has 2 aromatic carbocycles. The number of halogens is 2. The van der Waals surface area contributed by atoms with Gasteiger partial charge in [-0.2, -0.15) is 0 Å². The first-order valence-electron chi connectivity index (χ1n) is 8.72. The summed E-state index contributed by atoms with van der Waals surface area (Å²) in [5, 5.41) is 2.69. The monoisotopic (exact) mass is 390 g/mol. The topological polar surface area (TPSA) is 49.4 Å². The average molecular weight is 391 g/mol. The van der Waals surface area contributed by atoms with Gasteiger partial charge in [0.1, 0.15) is 5.82 Å². The van der Waals surface area contributed by atoms with Crippen LogP contribution in [0, 0.1) is 5.82 Å². The summed E-state index contributed by atoms with van der Waals surface area (Å²) in [6, 6.07) is 11.8. The molecule has 1 N–H and O–H groups in total. The number of carbonyl (C=O) groups is 2. The molecule has 0 spiro atoms. The average Bonchev–Trinajstić information content (AvgIpc) is 2.57. The molecule has 0 aliphatic rings. The van der Waals surface area contributed by atoms with E-state index in [2.05, 4.69) is 26.1 Å². The van der Waals surface area contributed by atoms with Gasteiger partial charge in [-0.25, -0.2) is 4.39 Å². The Bertz CT molecular complexity index is 826. The number of anilines is 1. The van der Waals surface area contributed by atoms with Crippen LogP contribution in [0.1, 0.15) is 43.6 Å². The van der Waals surface area contributed by atoms with Gasteiger partial charge in [0.05, 0.1) is 10.6 Å². The lowest BCUT2D eigenvalue weighted by molar-refractivity contribution is -0.116. The van der Waals surface area contributed by atoms with Gasteiger partial charge in [-0.3, -0.25) is 9.59 Å². The van der Waals surface area contributed by atoms with E-state index >= 15 is 0 Å². The first-order chi connectivity index (χ1) is 12.6. The second kappa shape index (κ2) is 8.53. The van der Waals surface area contributed by atoms with Gasteiger partial charge in [0.25, 0.3) is 5.91 Å². The van der Waals surface area contributed by atoms with Crippen molar-refractivity contribution < 1.29 is 14.0 Å². The summed E-state index contributed by atoms with van der Waals surface area (Å²) >= 11 is 5.92. The highest BCUT2D eigenvalue weighted by atomic mass is 35.5. The summed E-state index contributed by atoms with van der Waals surface area (Å²) in [7, 11) is 0. The van der Waals surface area contributed by atoms with Crippen LogP contribution in [-0.2, 0) is 10.2 Å². The summed E-state index contributed by atoms with van der Waals surface area (Å²) in [6.07, 6.45) is 0. The number of carbonyl (C=O) groups excluding carboxylic acids is 2. The van der Waals surface area contributed by atoms with E-state index < -0.39 is 11.7 Å². The zero-order valence-corrected chi connectivity index (χ0v) is 16.7. The van der Waals surface area contributed by atoms with Crippen molar-refractivity contribution in [3.8, 4) is 0 Å². The van der Waals surface area contributed by atoms with E-state index in [1.165, 1.54) is 25.1 Å². The van der Waals surface area contributed by atoms with Crippen LogP contribution in [0.25, 0.3) is 0 Å². The highest BCUT2D eigenvalue weighted by Crippen LogP contribution is 2.31. The molecule has 0 unspecified atom stereocenters. The number of hydrogen-bond acceptors (Lipinski definition) is 2. The van der Waals surface area contributed by atoms with E-state index in [0.717, 1.165) is 11.3 Å². The van der Waals surface area contributed by atoms with Crippen LogP contribution in [0.4, 0.5) is 10.1 Å². The molecule has 2 aromatic rings. The lowest BCUT2D eigenvalue weighted by atomic mass is 9.85. The zero-order valence-electron chi connectivity index (χ0n) is 16.0. The first-order valence-corrected chi connectivity index (χ1v) is 9.10. The van der Waals surface area contributed by atoms with E-state index in [1.807, 2.05) is 24.3 Å². The molecule has 2 amide bonds. The van der Waals surface area contributed by atoms with Crippen LogP contribution in [0.5, 0.6) is 0 Å². The highest BCUT2D eigenvalue weighted by molar-refractivity contribution is 6.33. The number of nitrogens with zero attached hydrogens (tertiary/aromatic N) is 1. The van der Waals surface area contributed by atoms with E-state index in [9.17, 15) is 14.0 Å². The largest absolute Gasteiger partial charge is 0.350 e. The first kappa shape index (κ1) is 20.9. The van der Waals surface area contributed by atoms with Crippen LogP contribution in [-0.4, -0.2) is 24.9 Å². The molecular weight excluding hydrogens is 367 g/mol. The minimum Gasteiger partial charge on any atom is -0.350 e. The molecule has 0 aliphatic carbocycles. The Labute approximate surface area is 164 Å². The summed E-state index contributed by atoms with van der Waals surface area (Å²) in [4.78, 5) is 26.1. The molecule has 0 bridgehead atoms. The second-order valence-electron chi connectivity index (χ2n) is 7.29. The molecule has 0 aromatic heterocycles. The summed E-state index contributed by atoms with van der Waals surface area (Å²) < 4.78 is 13.9. The zero-order chi connectivity index (χ0) is 20.2. The van der Waals surface area contributed by atoms with Crippen molar-refractivity contribution in [3.63, 3.8) is 0 Å². The van der Waals surface area contributed by atoms with Gasteiger partial charge >= 0.3 is 0 Å². The van der Waals surface area contributed by atoms with Crippen LogP contribution < -0.4 is 10.2 Å². The summed E-state index contributed by atoms with van der Waals surface area (Å²) in [6.45, 7) is 8.14. The number of benzene rings is 2. The maximum Gasteiger partial charge on any atom is 0.255 e. The van der Waals surface area contributed by atoms with Gasteiger partial charge in [-0.1, -0.05) is 56.6 Å². The third kappa shape index (κ3) is 5.07. The van der Waals surface area contributed by atoms with Crippen molar-refractivity contribution in [1.29, 1.82) is 0 Å². The molecule has 0 heterocycles. The molecule has 4 nitrogen and oxygen atoms in total. The van der Waals surface area contributed by atoms with Crippen LogP contribution in [0.2, 0.25) is 5.02 Å². The van der Waals surface area contributed by atoms with Gasteiger partial charge in [0, 0.05) is 25.7 Å². The lowest BCUT2D eigenvalue weighted by Gasteiger charge is -2.29. The Hall–Kier alpha value is -2.40. The van der Waals surface area contributed by atoms with Crippen molar-refractivity contribution >= 4 is 29.1 Å². The minimum absolute atomic E-state index is 0.0500. The molecule has 0 fully saturated rings. The lowest BCUT2D eigenvalue weighted by Crippen LogP contribution is -2.39. The third-order valence-corrected chi connectivity index (χ3v) is 4.51. The fraction of sp³-hybridized carbons (Fsp3) is 0.333. The molecule has 2 rings (SSSR count). The predicted molar refractivity (Wildman–Crippen MR) is 107 cm³/mol. The van der Waals surface area contributed by atoms with Crippen molar-refractivity contribution in [2.45, 2.75) is 33.1 Å². The fourth-order valence-corrected chi connectivity index (χ4v) is 3.12. The Morgan fingerprint density at radius 2 is 1.78 bits per heavy atom. The van der Waals surface area contributed by atoms with Crippen LogP contribution >= 0.6 is 11.6 Å². The highest BCUT2D eigenvalue weighted by Gasteiger charge is 2.23. The van der Waals surface area contributed by atoms with E-state index in [0.29, 0.717) is 0 Å². The van der Waals surface area contributed by atoms with Crippen LogP contribution in [0.3, 0.4) is 0 Å². The van der Waals surface area contributed by atoms with Crippen LogP contribution in [0.15, 0.2) is 42.5 Å². The second-order valence-corrected chi connectivity index (χ2v) is 7.70. The molecule has 6 heteroatoms. The number of amides is 2. The number of hydrogen-bond donors (Lipinski definition) is 1. The minimum atomic E-state index is -0.679. The van der Waals surface area contributed by atoms with Gasteiger partial charge < -0.3 is 10.2 Å². The Balaban J connectivity index is 2.15. The molecule has 0 atom stereocenters. The van der Waals surface area contributed by atoms with Gasteiger partial charge in [0.15, 0.2) is 0 Å². The molecule has 0 radical (unpaired) electrons. The maximum absolute atomic E-state index is 13.9.